The molecule has 1 N–H and O–H groups in total. The summed E-state index contributed by atoms with van der Waals surface area (Å²) in [6, 6.07) is 13.0. The maximum Gasteiger partial charge on any atom is 0.338 e. The number of thiazole rings is 1. The monoisotopic (exact) mass is 388 g/mol. The fraction of sp³-hybridized carbons (Fsp3) is 0.158. The van der Waals surface area contributed by atoms with E-state index in [1.54, 1.807) is 19.4 Å². The summed E-state index contributed by atoms with van der Waals surface area (Å²) in [4.78, 5) is 17.3. The highest BCUT2D eigenvalue weighted by Crippen LogP contribution is 2.34. The molecule has 0 saturated heterocycles. The third kappa shape index (κ3) is 3.98. The van der Waals surface area contributed by atoms with Gasteiger partial charge in [-0.15, -0.1) is 11.3 Å². The van der Waals surface area contributed by atoms with Crippen molar-refractivity contribution < 1.29 is 14.3 Å². The number of hydrogen-bond acceptors (Lipinski definition) is 6. The Labute approximate surface area is 160 Å². The lowest BCUT2D eigenvalue weighted by Crippen LogP contribution is -2.07. The van der Waals surface area contributed by atoms with Crippen molar-refractivity contribution in [3.8, 4) is 16.9 Å². The SMILES string of the molecule is COC(=O)c1cccc(NCc2cnc(Cl)s2)c1-c1ccc(OC)cc1. The Morgan fingerprint density at radius 2 is 1.96 bits per heavy atom. The van der Waals surface area contributed by atoms with Gasteiger partial charge in [-0.2, -0.15) is 0 Å². The highest BCUT2D eigenvalue weighted by molar-refractivity contribution is 7.15. The minimum absolute atomic E-state index is 0.389. The number of carbonyl (C=O) groups is 1. The van der Waals surface area contributed by atoms with Crippen LogP contribution in [0.4, 0.5) is 5.69 Å². The number of anilines is 1. The molecule has 5 nitrogen and oxygen atoms in total. The molecule has 0 spiro atoms. The molecule has 3 rings (SSSR count). The van der Waals surface area contributed by atoms with Crippen LogP contribution in [0.2, 0.25) is 4.47 Å². The van der Waals surface area contributed by atoms with Crippen molar-refractivity contribution in [3.63, 3.8) is 0 Å². The van der Waals surface area contributed by atoms with Crippen molar-refractivity contribution in [2.24, 2.45) is 0 Å². The number of halogens is 1. The average Bonchev–Trinajstić information content (AvgIpc) is 3.10. The molecule has 0 saturated carbocycles. The first-order chi connectivity index (χ1) is 12.6. The van der Waals surface area contributed by atoms with Gasteiger partial charge in [0.25, 0.3) is 0 Å². The summed E-state index contributed by atoms with van der Waals surface area (Å²) >= 11 is 7.30. The Morgan fingerprint density at radius 3 is 2.58 bits per heavy atom. The van der Waals surface area contributed by atoms with Crippen molar-refractivity contribution in [3.05, 3.63) is 63.6 Å². The van der Waals surface area contributed by atoms with Crippen molar-refractivity contribution in [2.75, 3.05) is 19.5 Å². The van der Waals surface area contributed by atoms with Crippen LogP contribution < -0.4 is 10.1 Å². The Kier molecular flexibility index (Phi) is 5.75. The Hall–Kier alpha value is -2.57. The largest absolute Gasteiger partial charge is 0.497 e. The second kappa shape index (κ2) is 8.21. The zero-order valence-corrected chi connectivity index (χ0v) is 15.9. The van der Waals surface area contributed by atoms with Crippen LogP contribution in [0.15, 0.2) is 48.7 Å². The van der Waals surface area contributed by atoms with E-state index >= 15 is 0 Å². The van der Waals surface area contributed by atoms with Gasteiger partial charge >= 0.3 is 5.97 Å². The molecular formula is C19H17ClN2O3S. The summed E-state index contributed by atoms with van der Waals surface area (Å²) in [5, 5.41) is 3.36. The van der Waals surface area contributed by atoms with Gasteiger partial charge in [0.2, 0.25) is 0 Å². The van der Waals surface area contributed by atoms with Gasteiger partial charge in [0.05, 0.1) is 26.3 Å². The number of methoxy groups -OCH3 is 2. The van der Waals surface area contributed by atoms with Gasteiger partial charge in [-0.05, 0) is 29.8 Å². The average molecular weight is 389 g/mol. The maximum atomic E-state index is 12.3. The highest BCUT2D eigenvalue weighted by atomic mass is 35.5. The number of benzene rings is 2. The molecule has 7 heteroatoms. The van der Waals surface area contributed by atoms with E-state index in [0.29, 0.717) is 16.6 Å². The number of carbonyl (C=O) groups excluding carboxylic acids is 1. The van der Waals surface area contributed by atoms with Crippen LogP contribution in [0.25, 0.3) is 11.1 Å². The predicted octanol–water partition coefficient (Wildman–Crippen LogP) is 4.87. The molecule has 0 aliphatic rings. The zero-order chi connectivity index (χ0) is 18.5. The topological polar surface area (TPSA) is 60.5 Å². The number of aromatic nitrogens is 1. The van der Waals surface area contributed by atoms with E-state index in [0.717, 1.165) is 27.4 Å². The van der Waals surface area contributed by atoms with Crippen molar-refractivity contribution >= 4 is 34.6 Å². The van der Waals surface area contributed by atoms with E-state index in [1.807, 2.05) is 36.4 Å². The van der Waals surface area contributed by atoms with E-state index in [4.69, 9.17) is 21.1 Å². The molecule has 3 aromatic rings. The van der Waals surface area contributed by atoms with Crippen molar-refractivity contribution in [1.82, 2.24) is 4.98 Å². The van der Waals surface area contributed by atoms with Crippen LogP contribution in [0.3, 0.4) is 0 Å². The summed E-state index contributed by atoms with van der Waals surface area (Å²) in [5.41, 5.74) is 2.97. The Bertz CT molecular complexity index is 909. The summed E-state index contributed by atoms with van der Waals surface area (Å²) < 4.78 is 10.7. The summed E-state index contributed by atoms with van der Waals surface area (Å²) in [7, 11) is 2.99. The second-order valence-corrected chi connectivity index (χ2v) is 7.08. The third-order valence-corrected chi connectivity index (χ3v) is 4.94. The highest BCUT2D eigenvalue weighted by Gasteiger charge is 2.17. The minimum atomic E-state index is -0.389. The number of hydrogen-bond donors (Lipinski definition) is 1. The van der Waals surface area contributed by atoms with E-state index < -0.39 is 0 Å². The first-order valence-corrected chi connectivity index (χ1v) is 9.01. The third-order valence-electron chi connectivity index (χ3n) is 3.83. The molecule has 134 valence electrons. The summed E-state index contributed by atoms with van der Waals surface area (Å²) in [5.74, 6) is 0.360. The number of nitrogens with zero attached hydrogens (tertiary/aromatic N) is 1. The van der Waals surface area contributed by atoms with Crippen LogP contribution >= 0.6 is 22.9 Å². The Morgan fingerprint density at radius 1 is 1.19 bits per heavy atom. The molecule has 0 aliphatic carbocycles. The molecule has 0 radical (unpaired) electrons. The van der Waals surface area contributed by atoms with Gasteiger partial charge in [0.15, 0.2) is 4.47 Å². The number of rotatable bonds is 6. The summed E-state index contributed by atoms with van der Waals surface area (Å²) in [6.45, 7) is 0.554. The van der Waals surface area contributed by atoms with Crippen LogP contribution in [0.5, 0.6) is 5.75 Å². The summed E-state index contributed by atoms with van der Waals surface area (Å²) in [6.07, 6.45) is 1.73. The quantitative estimate of drug-likeness (QED) is 0.610. The number of nitrogens with one attached hydrogen (secondary N) is 1. The fourth-order valence-electron chi connectivity index (χ4n) is 2.60. The number of esters is 1. The van der Waals surface area contributed by atoms with Crippen molar-refractivity contribution in [1.29, 1.82) is 0 Å². The molecule has 1 heterocycles. The van der Waals surface area contributed by atoms with Gasteiger partial charge in [-0.1, -0.05) is 29.8 Å². The minimum Gasteiger partial charge on any atom is -0.497 e. The first kappa shape index (κ1) is 18.2. The first-order valence-electron chi connectivity index (χ1n) is 7.82. The molecule has 0 amide bonds. The van der Waals surface area contributed by atoms with Gasteiger partial charge in [-0.3, -0.25) is 0 Å². The molecule has 0 fully saturated rings. The van der Waals surface area contributed by atoms with Crippen LogP contribution in [-0.4, -0.2) is 25.2 Å². The van der Waals surface area contributed by atoms with Gasteiger partial charge in [-0.25, -0.2) is 9.78 Å². The van der Waals surface area contributed by atoms with Crippen LogP contribution in [0, 0.1) is 0 Å². The maximum absolute atomic E-state index is 12.3. The molecule has 26 heavy (non-hydrogen) atoms. The molecule has 0 bridgehead atoms. The van der Waals surface area contributed by atoms with E-state index in [9.17, 15) is 4.79 Å². The van der Waals surface area contributed by atoms with Gasteiger partial charge in [0.1, 0.15) is 5.75 Å². The van der Waals surface area contributed by atoms with Crippen LogP contribution in [-0.2, 0) is 11.3 Å². The van der Waals surface area contributed by atoms with E-state index in [2.05, 4.69) is 10.3 Å². The lowest BCUT2D eigenvalue weighted by molar-refractivity contribution is 0.0601. The standard InChI is InChI=1S/C19H17ClN2O3S/c1-24-13-8-6-12(7-9-13)17-15(18(23)25-2)4-3-5-16(17)21-10-14-11-22-19(20)26-14/h3-9,11,21H,10H2,1-2H3. The van der Waals surface area contributed by atoms with E-state index in [-0.39, 0.29) is 5.97 Å². The lowest BCUT2D eigenvalue weighted by Gasteiger charge is -2.15. The molecule has 0 atom stereocenters. The van der Waals surface area contributed by atoms with E-state index in [1.165, 1.54) is 18.4 Å². The van der Waals surface area contributed by atoms with Gasteiger partial charge < -0.3 is 14.8 Å². The molecule has 2 aromatic carbocycles. The zero-order valence-electron chi connectivity index (χ0n) is 14.3. The van der Waals surface area contributed by atoms with Crippen molar-refractivity contribution in [2.45, 2.75) is 6.54 Å². The fourth-order valence-corrected chi connectivity index (χ4v) is 3.51. The molecular weight excluding hydrogens is 372 g/mol. The molecule has 0 aliphatic heterocycles. The van der Waals surface area contributed by atoms with Crippen LogP contribution in [0.1, 0.15) is 15.2 Å². The van der Waals surface area contributed by atoms with Gasteiger partial charge in [0, 0.05) is 22.3 Å². The number of ether oxygens (including phenoxy) is 2. The predicted molar refractivity (Wildman–Crippen MR) is 104 cm³/mol. The molecule has 1 aromatic heterocycles. The Balaban J connectivity index is 2.00. The normalized spacial score (nSPS) is 10.4. The lowest BCUT2D eigenvalue weighted by atomic mass is 9.97. The second-order valence-electron chi connectivity index (χ2n) is 5.38. The molecule has 0 unspecified atom stereocenters. The smallest absolute Gasteiger partial charge is 0.338 e.